The topological polar surface area (TPSA) is 87.8 Å². The monoisotopic (exact) mass is 418 g/mol. The summed E-state index contributed by atoms with van der Waals surface area (Å²) < 4.78 is 19.0. The van der Waals surface area contributed by atoms with E-state index in [-0.39, 0.29) is 17.5 Å². The summed E-state index contributed by atoms with van der Waals surface area (Å²) in [5.74, 6) is 1.83. The Bertz CT molecular complexity index is 928. The third-order valence-electron chi connectivity index (χ3n) is 5.56. The predicted molar refractivity (Wildman–Crippen MR) is 111 cm³/mol. The minimum Gasteiger partial charge on any atom is -0.493 e. The zero-order chi connectivity index (χ0) is 21.7. The Morgan fingerprint density at radius 1 is 1.17 bits per heavy atom. The number of nitrogens with zero attached hydrogens (tertiary/aromatic N) is 4. The average molecular weight is 418 g/mol. The number of aromatic nitrogens is 3. The lowest BCUT2D eigenvalue weighted by atomic mass is 9.95. The van der Waals surface area contributed by atoms with Gasteiger partial charge in [0.05, 0.1) is 32.9 Å². The number of rotatable bonds is 8. The molecular weight excluding hydrogens is 388 g/mol. The maximum Gasteiger partial charge on any atom is 0.345 e. The first kappa shape index (κ1) is 21.9. The van der Waals surface area contributed by atoms with Crippen molar-refractivity contribution in [2.45, 2.75) is 38.8 Å². The van der Waals surface area contributed by atoms with E-state index in [2.05, 4.69) is 5.10 Å². The summed E-state index contributed by atoms with van der Waals surface area (Å²) in [5.41, 5.74) is 0.383. The lowest BCUT2D eigenvalue weighted by Crippen LogP contribution is -2.38. The van der Waals surface area contributed by atoms with E-state index < -0.39 is 0 Å². The van der Waals surface area contributed by atoms with Crippen LogP contribution in [-0.4, -0.2) is 66.2 Å². The second-order valence-corrected chi connectivity index (χ2v) is 7.21. The number of likely N-dealkylation sites (tertiary alicyclic amines) is 1. The molecule has 0 spiro atoms. The number of carbonyl (C=O) groups is 1. The van der Waals surface area contributed by atoms with Gasteiger partial charge in [-0.2, -0.15) is 5.10 Å². The van der Waals surface area contributed by atoms with Crippen molar-refractivity contribution in [3.8, 4) is 11.5 Å². The number of ether oxygens (including phenoxy) is 3. The highest BCUT2D eigenvalue weighted by atomic mass is 16.5. The number of hydrogen-bond donors (Lipinski definition) is 0. The molecule has 30 heavy (non-hydrogen) atoms. The lowest BCUT2D eigenvalue weighted by molar-refractivity contribution is 0.0706. The summed E-state index contributed by atoms with van der Waals surface area (Å²) in [7, 11) is 4.69. The molecule has 1 saturated heterocycles. The Hall–Kier alpha value is -2.81. The SMILES string of the molecule is CCn1c(C2CCN(C(=O)c3cccc(OC)c3OC)CC2)nn(CCOC)c1=O. The van der Waals surface area contributed by atoms with Gasteiger partial charge in [0, 0.05) is 32.7 Å². The van der Waals surface area contributed by atoms with Crippen LogP contribution in [0.3, 0.4) is 0 Å². The van der Waals surface area contributed by atoms with Crippen LogP contribution in [0, 0.1) is 0 Å². The molecule has 164 valence electrons. The number of carbonyl (C=O) groups excluding carboxylic acids is 1. The molecule has 0 saturated carbocycles. The van der Waals surface area contributed by atoms with Gasteiger partial charge in [0.2, 0.25) is 0 Å². The molecule has 9 nitrogen and oxygen atoms in total. The van der Waals surface area contributed by atoms with Crippen molar-refractivity contribution >= 4 is 5.91 Å². The first-order valence-electron chi connectivity index (χ1n) is 10.2. The summed E-state index contributed by atoms with van der Waals surface area (Å²) in [5, 5.41) is 4.57. The van der Waals surface area contributed by atoms with Crippen molar-refractivity contribution in [3.05, 3.63) is 40.1 Å². The number of para-hydroxylation sites is 1. The van der Waals surface area contributed by atoms with Gasteiger partial charge in [-0.05, 0) is 31.9 Å². The van der Waals surface area contributed by atoms with Crippen LogP contribution >= 0.6 is 0 Å². The minimum absolute atomic E-state index is 0.0808. The molecule has 1 aromatic heterocycles. The summed E-state index contributed by atoms with van der Waals surface area (Å²) in [6.07, 6.45) is 1.50. The van der Waals surface area contributed by atoms with E-state index in [1.165, 1.54) is 11.8 Å². The molecule has 1 aliphatic heterocycles. The third kappa shape index (κ3) is 4.21. The van der Waals surface area contributed by atoms with Crippen molar-refractivity contribution in [1.82, 2.24) is 19.2 Å². The van der Waals surface area contributed by atoms with Crippen LogP contribution < -0.4 is 15.2 Å². The smallest absolute Gasteiger partial charge is 0.345 e. The Labute approximate surface area is 176 Å². The molecule has 3 rings (SSSR count). The Morgan fingerprint density at radius 2 is 1.90 bits per heavy atom. The second kappa shape index (κ2) is 9.80. The van der Waals surface area contributed by atoms with Gasteiger partial charge in [-0.15, -0.1) is 0 Å². The van der Waals surface area contributed by atoms with Crippen LogP contribution in [0.4, 0.5) is 0 Å². The summed E-state index contributed by atoms with van der Waals surface area (Å²) in [6.45, 7) is 4.57. The molecule has 9 heteroatoms. The molecule has 1 aromatic carbocycles. The van der Waals surface area contributed by atoms with Crippen LogP contribution in [0.15, 0.2) is 23.0 Å². The van der Waals surface area contributed by atoms with E-state index in [9.17, 15) is 9.59 Å². The highest BCUT2D eigenvalue weighted by Crippen LogP contribution is 2.33. The zero-order valence-electron chi connectivity index (χ0n) is 18.1. The molecular formula is C21H30N4O5. The Balaban J connectivity index is 1.74. The van der Waals surface area contributed by atoms with Crippen LogP contribution in [0.2, 0.25) is 0 Å². The fourth-order valence-corrected chi connectivity index (χ4v) is 3.95. The quantitative estimate of drug-likeness (QED) is 0.649. The molecule has 0 aliphatic carbocycles. The highest BCUT2D eigenvalue weighted by Gasteiger charge is 2.30. The number of methoxy groups -OCH3 is 3. The van der Waals surface area contributed by atoms with Gasteiger partial charge in [-0.1, -0.05) is 6.07 Å². The first-order chi connectivity index (χ1) is 14.5. The van der Waals surface area contributed by atoms with E-state index in [0.717, 1.165) is 18.7 Å². The van der Waals surface area contributed by atoms with E-state index in [1.807, 2.05) is 11.8 Å². The van der Waals surface area contributed by atoms with Crippen molar-refractivity contribution in [2.24, 2.45) is 0 Å². The Morgan fingerprint density at radius 3 is 2.50 bits per heavy atom. The third-order valence-corrected chi connectivity index (χ3v) is 5.56. The van der Waals surface area contributed by atoms with Crippen molar-refractivity contribution in [2.75, 3.05) is 41.0 Å². The van der Waals surface area contributed by atoms with Gasteiger partial charge in [-0.3, -0.25) is 9.36 Å². The van der Waals surface area contributed by atoms with E-state index >= 15 is 0 Å². The van der Waals surface area contributed by atoms with Gasteiger partial charge in [0.15, 0.2) is 11.5 Å². The number of hydrogen-bond acceptors (Lipinski definition) is 6. The van der Waals surface area contributed by atoms with Gasteiger partial charge in [0.25, 0.3) is 5.91 Å². The minimum atomic E-state index is -0.107. The summed E-state index contributed by atoms with van der Waals surface area (Å²) in [6, 6.07) is 5.31. The normalized spacial score (nSPS) is 14.7. The molecule has 2 aromatic rings. The summed E-state index contributed by atoms with van der Waals surface area (Å²) >= 11 is 0. The van der Waals surface area contributed by atoms with Gasteiger partial charge in [-0.25, -0.2) is 9.48 Å². The van der Waals surface area contributed by atoms with Crippen molar-refractivity contribution in [3.63, 3.8) is 0 Å². The van der Waals surface area contributed by atoms with Gasteiger partial charge < -0.3 is 19.1 Å². The van der Waals surface area contributed by atoms with E-state index in [1.54, 1.807) is 37.0 Å². The second-order valence-electron chi connectivity index (χ2n) is 7.21. The van der Waals surface area contributed by atoms with Crippen LogP contribution in [0.1, 0.15) is 41.9 Å². The van der Waals surface area contributed by atoms with Gasteiger partial charge >= 0.3 is 5.69 Å². The number of piperidine rings is 1. The first-order valence-corrected chi connectivity index (χ1v) is 10.2. The maximum absolute atomic E-state index is 13.1. The van der Waals surface area contributed by atoms with Gasteiger partial charge in [0.1, 0.15) is 5.82 Å². The van der Waals surface area contributed by atoms with Crippen LogP contribution in [-0.2, 0) is 17.8 Å². The highest BCUT2D eigenvalue weighted by molar-refractivity contribution is 5.97. The largest absolute Gasteiger partial charge is 0.493 e. The zero-order valence-corrected chi connectivity index (χ0v) is 18.1. The molecule has 0 bridgehead atoms. The standard InChI is InChI=1S/C21H30N4O5/c1-5-24-19(22-25(21(24)27)13-14-28-2)15-9-11-23(12-10-15)20(26)16-7-6-8-17(29-3)18(16)30-4/h6-8,15H,5,9-14H2,1-4H3. The molecule has 0 atom stereocenters. The Kier molecular flexibility index (Phi) is 7.15. The molecule has 1 aliphatic rings. The average Bonchev–Trinajstić information content (AvgIpc) is 3.11. The fraction of sp³-hybridized carbons (Fsp3) is 0.571. The van der Waals surface area contributed by atoms with Crippen LogP contribution in [0.25, 0.3) is 0 Å². The van der Waals surface area contributed by atoms with Crippen molar-refractivity contribution in [1.29, 1.82) is 0 Å². The molecule has 1 amide bonds. The molecule has 0 radical (unpaired) electrons. The maximum atomic E-state index is 13.1. The van der Waals surface area contributed by atoms with Crippen molar-refractivity contribution < 1.29 is 19.0 Å². The number of benzene rings is 1. The molecule has 1 fully saturated rings. The molecule has 0 unspecified atom stereocenters. The van der Waals surface area contributed by atoms with E-state index in [4.69, 9.17) is 14.2 Å². The van der Waals surface area contributed by atoms with E-state index in [0.29, 0.717) is 49.8 Å². The number of amides is 1. The molecule has 0 N–H and O–H groups in total. The predicted octanol–water partition coefficient (Wildman–Crippen LogP) is 1.75. The van der Waals surface area contributed by atoms with Crippen LogP contribution in [0.5, 0.6) is 11.5 Å². The fourth-order valence-electron chi connectivity index (χ4n) is 3.95. The summed E-state index contributed by atoms with van der Waals surface area (Å²) in [4.78, 5) is 27.5. The lowest BCUT2D eigenvalue weighted by Gasteiger charge is -2.32. The molecule has 2 heterocycles.